The van der Waals surface area contributed by atoms with E-state index in [1.54, 1.807) is 18.2 Å². The third-order valence-electron chi connectivity index (χ3n) is 3.43. The molecule has 0 atom stereocenters. The first kappa shape index (κ1) is 14.4. The lowest BCUT2D eigenvalue weighted by atomic mass is 10.0. The maximum Gasteiger partial charge on any atom is 0.417 e. The Kier molecular flexibility index (Phi) is 3.75. The lowest BCUT2D eigenvalue weighted by Gasteiger charge is -2.14. The second-order valence-electron chi connectivity index (χ2n) is 4.93. The minimum absolute atomic E-state index is 0.153. The summed E-state index contributed by atoms with van der Waals surface area (Å²) in [4.78, 5) is 0. The van der Waals surface area contributed by atoms with Crippen molar-refractivity contribution in [3.05, 3.63) is 77.9 Å². The van der Waals surface area contributed by atoms with Crippen molar-refractivity contribution >= 4 is 10.8 Å². The van der Waals surface area contributed by atoms with Gasteiger partial charge in [0.1, 0.15) is 12.4 Å². The van der Waals surface area contributed by atoms with Gasteiger partial charge in [-0.25, -0.2) is 0 Å². The second kappa shape index (κ2) is 5.72. The van der Waals surface area contributed by atoms with Crippen LogP contribution in [0.5, 0.6) is 5.75 Å². The minimum Gasteiger partial charge on any atom is -0.488 e. The summed E-state index contributed by atoms with van der Waals surface area (Å²) in [6.45, 7) is 0.316. The molecule has 3 aromatic carbocycles. The quantitative estimate of drug-likeness (QED) is 0.626. The van der Waals surface area contributed by atoms with Crippen molar-refractivity contribution in [1.82, 2.24) is 0 Å². The Bertz CT molecular complexity index is 779. The topological polar surface area (TPSA) is 9.23 Å². The Labute approximate surface area is 126 Å². The zero-order chi connectivity index (χ0) is 15.6. The molecule has 0 spiro atoms. The van der Waals surface area contributed by atoms with E-state index in [1.807, 2.05) is 30.3 Å². The first-order valence-corrected chi connectivity index (χ1v) is 6.81. The number of halogens is 3. The highest BCUT2D eigenvalue weighted by molar-refractivity contribution is 5.91. The zero-order valence-electron chi connectivity index (χ0n) is 11.6. The molecule has 0 amide bonds. The Balaban J connectivity index is 1.98. The van der Waals surface area contributed by atoms with Crippen LogP contribution in [-0.2, 0) is 12.8 Å². The maximum absolute atomic E-state index is 13.1. The standard InChI is InChI=1S/C18H13F3O/c19-18(20,21)16-10-11-17(15-9-5-4-8-14(15)16)22-12-13-6-2-1-3-7-13/h1-11H,12H2. The van der Waals surface area contributed by atoms with E-state index in [4.69, 9.17) is 4.74 Å². The summed E-state index contributed by atoms with van der Waals surface area (Å²) in [5.74, 6) is 0.451. The Morgan fingerprint density at radius 2 is 1.36 bits per heavy atom. The number of fused-ring (bicyclic) bond motifs is 1. The molecule has 0 aliphatic heterocycles. The van der Waals surface area contributed by atoms with Crippen LogP contribution in [0.25, 0.3) is 10.8 Å². The van der Waals surface area contributed by atoms with Crippen LogP contribution in [0, 0.1) is 0 Å². The van der Waals surface area contributed by atoms with E-state index in [0.717, 1.165) is 11.6 Å². The van der Waals surface area contributed by atoms with Gasteiger partial charge in [-0.1, -0.05) is 54.6 Å². The molecule has 0 unspecified atom stereocenters. The zero-order valence-corrected chi connectivity index (χ0v) is 11.6. The molecule has 112 valence electrons. The molecule has 0 bridgehead atoms. The smallest absolute Gasteiger partial charge is 0.417 e. The van der Waals surface area contributed by atoms with Crippen LogP contribution in [0.2, 0.25) is 0 Å². The van der Waals surface area contributed by atoms with Crippen LogP contribution in [0.4, 0.5) is 13.2 Å². The Hall–Kier alpha value is -2.49. The first-order valence-electron chi connectivity index (χ1n) is 6.81. The van der Waals surface area contributed by atoms with E-state index in [1.165, 1.54) is 12.1 Å². The third kappa shape index (κ3) is 2.91. The maximum atomic E-state index is 13.1. The van der Waals surface area contributed by atoms with Crippen LogP contribution in [-0.4, -0.2) is 0 Å². The molecule has 3 rings (SSSR count). The fourth-order valence-corrected chi connectivity index (χ4v) is 2.38. The number of alkyl halides is 3. The van der Waals surface area contributed by atoms with Crippen molar-refractivity contribution in [1.29, 1.82) is 0 Å². The third-order valence-corrected chi connectivity index (χ3v) is 3.43. The van der Waals surface area contributed by atoms with Crippen LogP contribution in [0.1, 0.15) is 11.1 Å². The molecule has 22 heavy (non-hydrogen) atoms. The predicted octanol–water partition coefficient (Wildman–Crippen LogP) is 5.44. The molecule has 1 nitrogen and oxygen atoms in total. The molecule has 0 aliphatic carbocycles. The van der Waals surface area contributed by atoms with Crippen molar-refractivity contribution in [3.63, 3.8) is 0 Å². The molecule has 0 heterocycles. The molecule has 0 radical (unpaired) electrons. The van der Waals surface area contributed by atoms with Crippen molar-refractivity contribution in [2.45, 2.75) is 12.8 Å². The Morgan fingerprint density at radius 3 is 2.05 bits per heavy atom. The highest BCUT2D eigenvalue weighted by Crippen LogP contribution is 2.38. The number of hydrogen-bond donors (Lipinski definition) is 0. The van der Waals surface area contributed by atoms with Gasteiger partial charge in [-0.3, -0.25) is 0 Å². The summed E-state index contributed by atoms with van der Waals surface area (Å²) in [6, 6.07) is 18.4. The molecule has 0 aliphatic rings. The van der Waals surface area contributed by atoms with Gasteiger partial charge < -0.3 is 4.74 Å². The van der Waals surface area contributed by atoms with Gasteiger partial charge in [-0.15, -0.1) is 0 Å². The second-order valence-corrected chi connectivity index (χ2v) is 4.93. The van der Waals surface area contributed by atoms with Crippen molar-refractivity contribution in [2.75, 3.05) is 0 Å². The molecule has 0 saturated carbocycles. The molecule has 0 saturated heterocycles. The van der Waals surface area contributed by atoms with Crippen molar-refractivity contribution in [3.8, 4) is 5.75 Å². The lowest BCUT2D eigenvalue weighted by Crippen LogP contribution is -2.06. The van der Waals surface area contributed by atoms with E-state index < -0.39 is 11.7 Å². The van der Waals surface area contributed by atoms with E-state index >= 15 is 0 Å². The summed E-state index contributed by atoms with van der Waals surface area (Å²) < 4.78 is 44.9. The average molecular weight is 302 g/mol. The van der Waals surface area contributed by atoms with E-state index in [9.17, 15) is 13.2 Å². The lowest BCUT2D eigenvalue weighted by molar-refractivity contribution is -0.136. The fraction of sp³-hybridized carbons (Fsp3) is 0.111. The van der Waals surface area contributed by atoms with Gasteiger partial charge in [-0.2, -0.15) is 13.2 Å². The van der Waals surface area contributed by atoms with Gasteiger partial charge in [-0.05, 0) is 23.1 Å². The summed E-state index contributed by atoms with van der Waals surface area (Å²) in [5, 5.41) is 0.619. The molecular weight excluding hydrogens is 289 g/mol. The Morgan fingerprint density at radius 1 is 0.727 bits per heavy atom. The van der Waals surface area contributed by atoms with Gasteiger partial charge in [0.15, 0.2) is 0 Å². The van der Waals surface area contributed by atoms with Crippen LogP contribution >= 0.6 is 0 Å². The first-order chi connectivity index (χ1) is 10.6. The van der Waals surface area contributed by atoms with Crippen LogP contribution < -0.4 is 4.74 Å². The number of ether oxygens (including phenoxy) is 1. The van der Waals surface area contributed by atoms with Gasteiger partial charge >= 0.3 is 6.18 Å². The molecule has 4 heteroatoms. The highest BCUT2D eigenvalue weighted by Gasteiger charge is 2.32. The minimum atomic E-state index is -4.38. The van der Waals surface area contributed by atoms with E-state index in [-0.39, 0.29) is 5.39 Å². The van der Waals surface area contributed by atoms with E-state index in [0.29, 0.717) is 17.7 Å². The predicted molar refractivity (Wildman–Crippen MR) is 79.7 cm³/mol. The van der Waals surface area contributed by atoms with Crippen LogP contribution in [0.3, 0.4) is 0 Å². The number of hydrogen-bond acceptors (Lipinski definition) is 1. The van der Waals surface area contributed by atoms with Gasteiger partial charge in [0.25, 0.3) is 0 Å². The fourth-order valence-electron chi connectivity index (χ4n) is 2.38. The summed E-state index contributed by atoms with van der Waals surface area (Å²) >= 11 is 0. The highest BCUT2D eigenvalue weighted by atomic mass is 19.4. The molecule has 3 aromatic rings. The number of rotatable bonds is 3. The molecule has 0 fully saturated rings. The van der Waals surface area contributed by atoms with Crippen LogP contribution in [0.15, 0.2) is 66.7 Å². The summed E-state index contributed by atoms with van der Waals surface area (Å²) in [6.07, 6.45) is -4.38. The molecule has 0 N–H and O–H groups in total. The number of benzene rings is 3. The normalized spacial score (nSPS) is 11.6. The van der Waals surface area contributed by atoms with Crippen molar-refractivity contribution < 1.29 is 17.9 Å². The van der Waals surface area contributed by atoms with Gasteiger partial charge in [0.05, 0.1) is 5.56 Å². The SMILES string of the molecule is FC(F)(F)c1ccc(OCc2ccccc2)c2ccccc12. The molecular formula is C18H13F3O. The largest absolute Gasteiger partial charge is 0.488 e. The van der Waals surface area contributed by atoms with E-state index in [2.05, 4.69) is 0 Å². The summed E-state index contributed by atoms with van der Waals surface area (Å²) in [7, 11) is 0. The van der Waals surface area contributed by atoms with Gasteiger partial charge in [0.2, 0.25) is 0 Å². The van der Waals surface area contributed by atoms with Crippen molar-refractivity contribution in [2.24, 2.45) is 0 Å². The molecule has 0 aromatic heterocycles. The monoisotopic (exact) mass is 302 g/mol. The summed E-state index contributed by atoms with van der Waals surface area (Å²) in [5.41, 5.74) is 0.321. The van der Waals surface area contributed by atoms with Gasteiger partial charge in [0, 0.05) is 5.39 Å². The average Bonchev–Trinajstić information content (AvgIpc) is 2.52.